The van der Waals surface area contributed by atoms with Crippen molar-refractivity contribution < 1.29 is 9.47 Å². The number of rotatable bonds is 15. The highest BCUT2D eigenvalue weighted by molar-refractivity contribution is 4.86. The third-order valence-electron chi connectivity index (χ3n) is 4.25. The summed E-state index contributed by atoms with van der Waals surface area (Å²) in [5.74, 6) is 2.55. The molecule has 1 rings (SSSR count). The molecular weight excluding hydrogens is 260 g/mol. The summed E-state index contributed by atoms with van der Waals surface area (Å²) in [6.07, 6.45) is 22.1. The molecule has 2 nitrogen and oxygen atoms in total. The van der Waals surface area contributed by atoms with Crippen molar-refractivity contribution in [3.05, 3.63) is 0 Å². The summed E-state index contributed by atoms with van der Waals surface area (Å²) in [6.45, 7) is 3.55. The smallest absolute Gasteiger partial charge is 0.107 e. The third kappa shape index (κ3) is 10.8. The predicted molar refractivity (Wildman–Crippen MR) is 89.4 cm³/mol. The van der Waals surface area contributed by atoms with Crippen LogP contribution < -0.4 is 0 Å². The third-order valence-corrected chi connectivity index (χ3v) is 4.25. The maximum atomic E-state index is 5.65. The molecule has 2 atom stereocenters. The average Bonchev–Trinajstić information content (AvgIpc) is 3.32. The SMILES string of the molecule is C#CCOC(CCCCCCCCCCCCC)C1CO1. The number of ether oxygens (including phenoxy) is 2. The zero-order valence-electron chi connectivity index (χ0n) is 13.9. The van der Waals surface area contributed by atoms with E-state index in [0.29, 0.717) is 12.7 Å². The molecule has 1 aliphatic heterocycles. The first kappa shape index (κ1) is 18.5. The predicted octanol–water partition coefficient (Wildman–Crippen LogP) is 5.10. The molecule has 0 aromatic heterocycles. The molecule has 1 aliphatic rings. The van der Waals surface area contributed by atoms with Gasteiger partial charge < -0.3 is 9.47 Å². The van der Waals surface area contributed by atoms with Gasteiger partial charge in [-0.05, 0) is 6.42 Å². The van der Waals surface area contributed by atoms with E-state index in [9.17, 15) is 0 Å². The lowest BCUT2D eigenvalue weighted by molar-refractivity contribution is 0.0468. The molecule has 1 fully saturated rings. The van der Waals surface area contributed by atoms with Crippen molar-refractivity contribution in [2.75, 3.05) is 13.2 Å². The average molecular weight is 294 g/mol. The highest BCUT2D eigenvalue weighted by atomic mass is 16.6. The standard InChI is InChI=1S/C19H34O2/c1-3-5-6-7-8-9-10-11-12-13-14-15-18(19-17-21-19)20-16-4-2/h2,18-19H,3,5-17H2,1H3. The summed E-state index contributed by atoms with van der Waals surface area (Å²) in [5, 5.41) is 0. The van der Waals surface area contributed by atoms with E-state index in [1.165, 1.54) is 70.6 Å². The Bertz CT molecular complexity index is 265. The first-order valence-electron chi connectivity index (χ1n) is 9.05. The highest BCUT2D eigenvalue weighted by Crippen LogP contribution is 2.22. The van der Waals surface area contributed by atoms with E-state index in [4.69, 9.17) is 15.9 Å². The van der Waals surface area contributed by atoms with Gasteiger partial charge in [0.25, 0.3) is 0 Å². The quantitative estimate of drug-likeness (QED) is 0.238. The van der Waals surface area contributed by atoms with Gasteiger partial charge >= 0.3 is 0 Å². The summed E-state index contributed by atoms with van der Waals surface area (Å²) >= 11 is 0. The number of epoxide rings is 1. The van der Waals surface area contributed by atoms with Crippen LogP contribution in [-0.2, 0) is 9.47 Å². The zero-order chi connectivity index (χ0) is 15.2. The molecule has 0 N–H and O–H groups in total. The Morgan fingerprint density at radius 1 is 1.00 bits per heavy atom. The lowest BCUT2D eigenvalue weighted by Crippen LogP contribution is -2.20. The Morgan fingerprint density at radius 3 is 2.00 bits per heavy atom. The monoisotopic (exact) mass is 294 g/mol. The van der Waals surface area contributed by atoms with Crippen LogP contribution in [0.25, 0.3) is 0 Å². The Balaban J connectivity index is 1.82. The minimum absolute atomic E-state index is 0.236. The molecule has 1 heterocycles. The molecular formula is C19H34O2. The number of hydrogen-bond donors (Lipinski definition) is 0. The summed E-state index contributed by atoms with van der Waals surface area (Å²) in [5.41, 5.74) is 0. The van der Waals surface area contributed by atoms with Crippen LogP contribution in [-0.4, -0.2) is 25.4 Å². The second-order valence-electron chi connectivity index (χ2n) is 6.25. The van der Waals surface area contributed by atoms with E-state index in [0.717, 1.165) is 13.0 Å². The van der Waals surface area contributed by atoms with Crippen LogP contribution in [0, 0.1) is 12.3 Å². The summed E-state index contributed by atoms with van der Waals surface area (Å²) < 4.78 is 11.0. The van der Waals surface area contributed by atoms with Crippen molar-refractivity contribution >= 4 is 0 Å². The molecule has 2 unspecified atom stereocenters. The Labute approximate surface area is 132 Å². The van der Waals surface area contributed by atoms with E-state index < -0.39 is 0 Å². The van der Waals surface area contributed by atoms with E-state index >= 15 is 0 Å². The normalized spacial score (nSPS) is 18.4. The molecule has 0 aromatic rings. The number of unbranched alkanes of at least 4 members (excludes halogenated alkanes) is 10. The first-order chi connectivity index (χ1) is 10.4. The molecule has 0 amide bonds. The first-order valence-corrected chi connectivity index (χ1v) is 9.05. The van der Waals surface area contributed by atoms with Gasteiger partial charge in [-0.25, -0.2) is 0 Å². The van der Waals surface area contributed by atoms with Crippen LogP contribution >= 0.6 is 0 Å². The van der Waals surface area contributed by atoms with Crippen molar-refractivity contribution in [2.45, 2.75) is 96.2 Å². The minimum atomic E-state index is 0.236. The van der Waals surface area contributed by atoms with Gasteiger partial charge in [0.2, 0.25) is 0 Å². The minimum Gasteiger partial charge on any atom is -0.370 e. The Morgan fingerprint density at radius 2 is 1.52 bits per heavy atom. The van der Waals surface area contributed by atoms with Gasteiger partial charge in [0.15, 0.2) is 0 Å². The lowest BCUT2D eigenvalue weighted by atomic mass is 10.0. The van der Waals surface area contributed by atoms with Gasteiger partial charge in [-0.1, -0.05) is 83.5 Å². The van der Waals surface area contributed by atoms with Gasteiger partial charge in [0.05, 0.1) is 12.7 Å². The molecule has 0 aliphatic carbocycles. The maximum absolute atomic E-state index is 5.65. The van der Waals surface area contributed by atoms with Crippen molar-refractivity contribution in [3.8, 4) is 12.3 Å². The van der Waals surface area contributed by atoms with E-state index in [-0.39, 0.29) is 6.10 Å². The fraction of sp³-hybridized carbons (Fsp3) is 0.895. The molecule has 1 saturated heterocycles. The van der Waals surface area contributed by atoms with Crippen LogP contribution in [0.2, 0.25) is 0 Å². The van der Waals surface area contributed by atoms with Crippen LogP contribution in [0.15, 0.2) is 0 Å². The van der Waals surface area contributed by atoms with Crippen molar-refractivity contribution in [1.82, 2.24) is 0 Å². The van der Waals surface area contributed by atoms with Crippen LogP contribution in [0.5, 0.6) is 0 Å². The van der Waals surface area contributed by atoms with E-state index in [2.05, 4.69) is 12.8 Å². The molecule has 21 heavy (non-hydrogen) atoms. The molecule has 0 radical (unpaired) electrons. The molecule has 0 saturated carbocycles. The van der Waals surface area contributed by atoms with Crippen LogP contribution in [0.4, 0.5) is 0 Å². The molecule has 0 bridgehead atoms. The second kappa shape index (κ2) is 13.2. The topological polar surface area (TPSA) is 21.8 Å². The van der Waals surface area contributed by atoms with Gasteiger partial charge in [-0.2, -0.15) is 0 Å². The van der Waals surface area contributed by atoms with E-state index in [1.807, 2.05) is 0 Å². The highest BCUT2D eigenvalue weighted by Gasteiger charge is 2.32. The van der Waals surface area contributed by atoms with Gasteiger partial charge in [-0.3, -0.25) is 0 Å². The molecule has 122 valence electrons. The summed E-state index contributed by atoms with van der Waals surface area (Å²) in [4.78, 5) is 0. The fourth-order valence-electron chi connectivity index (χ4n) is 2.81. The maximum Gasteiger partial charge on any atom is 0.107 e. The molecule has 2 heteroatoms. The lowest BCUT2D eigenvalue weighted by Gasteiger charge is -2.13. The number of terminal acetylenes is 1. The largest absolute Gasteiger partial charge is 0.370 e. The van der Waals surface area contributed by atoms with Crippen LogP contribution in [0.3, 0.4) is 0 Å². The molecule has 0 spiro atoms. The molecule has 0 aromatic carbocycles. The van der Waals surface area contributed by atoms with Gasteiger partial charge in [-0.15, -0.1) is 6.42 Å². The van der Waals surface area contributed by atoms with Crippen molar-refractivity contribution in [2.24, 2.45) is 0 Å². The van der Waals surface area contributed by atoms with Crippen molar-refractivity contribution in [3.63, 3.8) is 0 Å². The zero-order valence-corrected chi connectivity index (χ0v) is 13.9. The van der Waals surface area contributed by atoms with Gasteiger partial charge in [0.1, 0.15) is 12.7 Å². The Kier molecular flexibility index (Phi) is 11.6. The summed E-state index contributed by atoms with van der Waals surface area (Å²) in [7, 11) is 0. The fourth-order valence-corrected chi connectivity index (χ4v) is 2.81. The Hall–Kier alpha value is -0.520. The van der Waals surface area contributed by atoms with Crippen molar-refractivity contribution in [1.29, 1.82) is 0 Å². The summed E-state index contributed by atoms with van der Waals surface area (Å²) in [6, 6.07) is 0. The van der Waals surface area contributed by atoms with Crippen LogP contribution in [0.1, 0.15) is 84.0 Å². The van der Waals surface area contributed by atoms with Gasteiger partial charge in [0, 0.05) is 0 Å². The second-order valence-corrected chi connectivity index (χ2v) is 6.25. The number of hydrogen-bond acceptors (Lipinski definition) is 2. The van der Waals surface area contributed by atoms with E-state index in [1.54, 1.807) is 0 Å².